The van der Waals surface area contributed by atoms with Crippen molar-refractivity contribution >= 4 is 21.9 Å². The van der Waals surface area contributed by atoms with Crippen LogP contribution in [0.1, 0.15) is 54.5 Å². The Morgan fingerprint density at radius 3 is 2.30 bits per heavy atom. The topological polar surface area (TPSA) is 136 Å². The van der Waals surface area contributed by atoms with E-state index >= 15 is 0 Å². The smallest absolute Gasteiger partial charge is 0.339 e. The lowest BCUT2D eigenvalue weighted by molar-refractivity contribution is -0.142. The molecule has 1 aliphatic carbocycles. The van der Waals surface area contributed by atoms with Crippen molar-refractivity contribution in [2.75, 3.05) is 50.7 Å². The number of nitrogens with one attached hydrogen (secondary N) is 1. The van der Waals surface area contributed by atoms with E-state index in [-0.39, 0.29) is 41.7 Å². The highest BCUT2D eigenvalue weighted by molar-refractivity contribution is 7.89. The summed E-state index contributed by atoms with van der Waals surface area (Å²) < 4.78 is 66.7. The maximum absolute atomic E-state index is 13.4. The molecule has 2 aromatic rings. The van der Waals surface area contributed by atoms with Crippen LogP contribution in [0.15, 0.2) is 17.2 Å². The molecular formula is C27H35F3N8O4S. The minimum atomic E-state index is -4.50. The second kappa shape index (κ2) is 11.8. The number of aromatic nitrogens is 4. The first-order valence-corrected chi connectivity index (χ1v) is 16.2. The van der Waals surface area contributed by atoms with Crippen LogP contribution in [0.2, 0.25) is 0 Å². The Labute approximate surface area is 247 Å². The first kappa shape index (κ1) is 29.9. The summed E-state index contributed by atoms with van der Waals surface area (Å²) in [6.45, 7) is 3.53. The maximum Gasteiger partial charge on any atom is 0.419 e. The van der Waals surface area contributed by atoms with Gasteiger partial charge in [0.05, 0.1) is 22.4 Å². The summed E-state index contributed by atoms with van der Waals surface area (Å²) in [6, 6.07) is 0. The van der Waals surface area contributed by atoms with Crippen LogP contribution in [-0.4, -0.2) is 99.7 Å². The molecule has 234 valence electrons. The predicted octanol–water partition coefficient (Wildman–Crippen LogP) is 1.38. The van der Waals surface area contributed by atoms with E-state index < -0.39 is 21.8 Å². The molecule has 12 nitrogen and oxygen atoms in total. The van der Waals surface area contributed by atoms with E-state index in [2.05, 4.69) is 25.1 Å². The molecule has 43 heavy (non-hydrogen) atoms. The van der Waals surface area contributed by atoms with Gasteiger partial charge in [-0.05, 0) is 19.3 Å². The summed E-state index contributed by atoms with van der Waals surface area (Å²) in [6.07, 6.45) is 1.62. The van der Waals surface area contributed by atoms with Crippen LogP contribution >= 0.6 is 0 Å². The lowest BCUT2D eigenvalue weighted by Gasteiger charge is -2.43. The normalized spacial score (nSPS) is 21.5. The molecule has 3 aliphatic heterocycles. The van der Waals surface area contributed by atoms with Crippen LogP contribution in [0.3, 0.4) is 0 Å². The molecule has 0 atom stereocenters. The first-order valence-electron chi connectivity index (χ1n) is 14.7. The number of hydrogen-bond donors (Lipinski definition) is 1. The van der Waals surface area contributed by atoms with Crippen LogP contribution in [0, 0.1) is 5.92 Å². The molecule has 0 radical (unpaired) electrons. The number of likely N-dealkylation sites (tertiary alicyclic amines) is 1. The Balaban J connectivity index is 1.03. The van der Waals surface area contributed by atoms with Crippen LogP contribution in [0.25, 0.3) is 0 Å². The number of carbonyl (C=O) groups excluding carboxylic acids is 1. The molecule has 2 aromatic heterocycles. The highest BCUT2D eigenvalue weighted by Crippen LogP contribution is 2.31. The third-order valence-corrected chi connectivity index (χ3v) is 11.4. The van der Waals surface area contributed by atoms with Crippen LogP contribution in [-0.2, 0) is 40.5 Å². The van der Waals surface area contributed by atoms with Gasteiger partial charge in [-0.1, -0.05) is 19.3 Å². The van der Waals surface area contributed by atoms with Crippen LogP contribution in [0.4, 0.5) is 19.1 Å². The summed E-state index contributed by atoms with van der Waals surface area (Å²) in [5.74, 6) is 0.0258. The average molecular weight is 625 g/mol. The average Bonchev–Trinajstić information content (AvgIpc) is 2.99. The molecule has 1 N–H and O–H groups in total. The van der Waals surface area contributed by atoms with Gasteiger partial charge in [0.1, 0.15) is 0 Å². The molecule has 2 saturated heterocycles. The molecule has 1 amide bonds. The molecule has 1 saturated carbocycles. The summed E-state index contributed by atoms with van der Waals surface area (Å²) in [5, 5.41) is 6.48. The Morgan fingerprint density at radius 2 is 1.65 bits per heavy atom. The van der Waals surface area contributed by atoms with Gasteiger partial charge in [0.25, 0.3) is 5.56 Å². The Kier molecular flexibility index (Phi) is 8.19. The number of hydrogen-bond acceptors (Lipinski definition) is 9. The number of nitrogens with zero attached hydrogens (tertiary/aromatic N) is 7. The van der Waals surface area contributed by atoms with Crippen molar-refractivity contribution in [3.8, 4) is 0 Å². The molecule has 0 unspecified atom stereocenters. The SMILES string of the molecule is O=C(C1CN(Cc2n[nH]c(=O)c3c2CN(S(=O)(=O)C2CCCCC2)CC3)C1)N1CCN(c2ncc(C(F)(F)F)cn2)CC1. The number of piperazine rings is 1. The molecule has 0 bridgehead atoms. The van der Waals surface area contributed by atoms with Gasteiger partial charge in [-0.3, -0.25) is 14.5 Å². The van der Waals surface area contributed by atoms with Gasteiger partial charge in [0.2, 0.25) is 21.9 Å². The van der Waals surface area contributed by atoms with Gasteiger partial charge in [0, 0.05) is 82.4 Å². The minimum absolute atomic E-state index is 0.0189. The van der Waals surface area contributed by atoms with E-state index in [0.29, 0.717) is 81.9 Å². The maximum atomic E-state index is 13.4. The summed E-state index contributed by atoms with van der Waals surface area (Å²) >= 11 is 0. The van der Waals surface area contributed by atoms with Gasteiger partial charge in [0.15, 0.2) is 0 Å². The lowest BCUT2D eigenvalue weighted by Crippen LogP contribution is -2.57. The van der Waals surface area contributed by atoms with Crippen LogP contribution < -0.4 is 10.5 Å². The van der Waals surface area contributed by atoms with Gasteiger partial charge >= 0.3 is 6.18 Å². The molecule has 0 spiro atoms. The zero-order valence-electron chi connectivity index (χ0n) is 23.7. The number of aromatic amines is 1. The number of rotatable bonds is 6. The molecular weight excluding hydrogens is 589 g/mol. The number of amides is 1. The summed E-state index contributed by atoms with van der Waals surface area (Å²) in [7, 11) is -3.47. The van der Waals surface area contributed by atoms with Crippen molar-refractivity contribution in [3.05, 3.63) is 45.1 Å². The highest BCUT2D eigenvalue weighted by Gasteiger charge is 2.39. The van der Waals surface area contributed by atoms with Crippen molar-refractivity contribution in [3.63, 3.8) is 0 Å². The van der Waals surface area contributed by atoms with Crippen molar-refractivity contribution in [2.45, 2.75) is 63.0 Å². The number of alkyl halides is 3. The number of anilines is 1. The van der Waals surface area contributed by atoms with Crippen molar-refractivity contribution in [1.82, 2.24) is 34.3 Å². The Morgan fingerprint density at radius 1 is 0.977 bits per heavy atom. The third kappa shape index (κ3) is 6.13. The zero-order valence-corrected chi connectivity index (χ0v) is 24.5. The number of fused-ring (bicyclic) bond motifs is 1. The fourth-order valence-corrected chi connectivity index (χ4v) is 8.52. The second-order valence-corrected chi connectivity index (χ2v) is 14.0. The van der Waals surface area contributed by atoms with E-state index in [9.17, 15) is 31.2 Å². The fraction of sp³-hybridized carbons (Fsp3) is 0.667. The number of halogens is 3. The van der Waals surface area contributed by atoms with Gasteiger partial charge in [-0.2, -0.15) is 22.6 Å². The fourth-order valence-electron chi connectivity index (χ4n) is 6.51. The van der Waals surface area contributed by atoms with Gasteiger partial charge in [-0.15, -0.1) is 0 Å². The number of H-pyrrole nitrogens is 1. The molecule has 5 heterocycles. The summed E-state index contributed by atoms with van der Waals surface area (Å²) in [5.41, 5.74) is 0.702. The quantitative estimate of drug-likeness (QED) is 0.506. The monoisotopic (exact) mass is 624 g/mol. The predicted molar refractivity (Wildman–Crippen MR) is 149 cm³/mol. The van der Waals surface area contributed by atoms with E-state index in [1.807, 2.05) is 0 Å². The van der Waals surface area contributed by atoms with E-state index in [1.165, 1.54) is 4.31 Å². The molecule has 0 aromatic carbocycles. The first-order chi connectivity index (χ1) is 20.5. The Hall–Kier alpha value is -3.11. The van der Waals surface area contributed by atoms with Crippen LogP contribution in [0.5, 0.6) is 0 Å². The van der Waals surface area contributed by atoms with Gasteiger partial charge in [-0.25, -0.2) is 23.5 Å². The highest BCUT2D eigenvalue weighted by atomic mass is 32.2. The second-order valence-electron chi connectivity index (χ2n) is 11.8. The largest absolute Gasteiger partial charge is 0.419 e. The number of sulfonamides is 1. The van der Waals surface area contributed by atoms with Gasteiger partial charge < -0.3 is 9.80 Å². The van der Waals surface area contributed by atoms with Crippen molar-refractivity contribution in [2.24, 2.45) is 5.92 Å². The molecule has 6 rings (SSSR count). The molecule has 16 heteroatoms. The van der Waals surface area contributed by atoms with E-state index in [1.54, 1.807) is 9.80 Å². The summed E-state index contributed by atoms with van der Waals surface area (Å²) in [4.78, 5) is 38.9. The minimum Gasteiger partial charge on any atom is -0.339 e. The standard InChI is InChI=1S/C27H35F3N8O4S/c28-27(29,30)19-12-31-26(32-13-19)37-10-8-36(9-11-37)25(40)18-14-35(15-18)17-23-22-16-38(7-6-21(22)24(39)34-33-23)43(41,42)20-4-2-1-3-5-20/h12-13,18,20H,1-11,14-17H2,(H,34,39). The van der Waals surface area contributed by atoms with Crippen molar-refractivity contribution in [1.29, 1.82) is 0 Å². The third-order valence-electron chi connectivity index (χ3n) is 9.08. The zero-order chi connectivity index (χ0) is 30.4. The molecule has 3 fully saturated rings. The Bertz CT molecular complexity index is 1500. The number of carbonyl (C=O) groups is 1. The van der Waals surface area contributed by atoms with E-state index in [0.717, 1.165) is 31.7 Å². The van der Waals surface area contributed by atoms with E-state index in [4.69, 9.17) is 0 Å². The van der Waals surface area contributed by atoms with Crippen molar-refractivity contribution < 1.29 is 26.4 Å². The lowest BCUT2D eigenvalue weighted by atomic mass is 9.96. The molecule has 4 aliphatic rings.